The van der Waals surface area contributed by atoms with Gasteiger partial charge in [-0.2, -0.15) is 0 Å². The maximum atomic E-state index is 12.3. The number of aliphatic hydroxyl groups excluding tert-OH is 3. The molecule has 0 aromatic carbocycles. The van der Waals surface area contributed by atoms with E-state index in [1.807, 2.05) is 0 Å². The van der Waals surface area contributed by atoms with Crippen molar-refractivity contribution < 1.29 is 24.4 Å². The molecule has 0 aliphatic carbocycles. The number of ether oxygens (including phenoxy) is 1. The van der Waals surface area contributed by atoms with Gasteiger partial charge in [-0.25, -0.2) is 4.39 Å². The lowest BCUT2D eigenvalue weighted by Gasteiger charge is -2.09. The minimum Gasteiger partial charge on any atom is -0.394 e. The van der Waals surface area contributed by atoms with Gasteiger partial charge in [-0.05, 0) is 0 Å². The SMILES string of the molecule is OC[C@H]1O[C@@H](F)C(O)C1O. The van der Waals surface area contributed by atoms with Crippen LogP contribution in [0.5, 0.6) is 0 Å². The average Bonchev–Trinajstić information content (AvgIpc) is 2.17. The lowest BCUT2D eigenvalue weighted by Crippen LogP contribution is -2.32. The summed E-state index contributed by atoms with van der Waals surface area (Å²) in [5, 5.41) is 26.0. The van der Waals surface area contributed by atoms with Gasteiger partial charge in [-0.1, -0.05) is 0 Å². The molecule has 1 saturated heterocycles. The zero-order chi connectivity index (χ0) is 7.72. The third kappa shape index (κ3) is 1.13. The molecule has 0 aromatic rings. The summed E-state index contributed by atoms with van der Waals surface area (Å²) in [6, 6.07) is 0. The number of alkyl halides is 1. The molecule has 1 fully saturated rings. The van der Waals surface area contributed by atoms with Gasteiger partial charge in [0.05, 0.1) is 6.61 Å². The molecule has 4 nitrogen and oxygen atoms in total. The topological polar surface area (TPSA) is 69.9 Å². The third-order valence-electron chi connectivity index (χ3n) is 1.48. The van der Waals surface area contributed by atoms with Gasteiger partial charge in [0.2, 0.25) is 6.36 Å². The summed E-state index contributed by atoms with van der Waals surface area (Å²) >= 11 is 0. The summed E-state index contributed by atoms with van der Waals surface area (Å²) in [4.78, 5) is 0. The first kappa shape index (κ1) is 7.87. The van der Waals surface area contributed by atoms with Gasteiger partial charge in [0.25, 0.3) is 0 Å². The fourth-order valence-corrected chi connectivity index (χ4v) is 0.854. The maximum Gasteiger partial charge on any atom is 0.228 e. The van der Waals surface area contributed by atoms with E-state index in [0.717, 1.165) is 0 Å². The zero-order valence-corrected chi connectivity index (χ0v) is 5.14. The van der Waals surface area contributed by atoms with E-state index in [-0.39, 0.29) is 0 Å². The second-order valence-corrected chi connectivity index (χ2v) is 2.19. The monoisotopic (exact) mass is 152 g/mol. The van der Waals surface area contributed by atoms with Crippen molar-refractivity contribution >= 4 is 0 Å². The molecular weight excluding hydrogens is 143 g/mol. The van der Waals surface area contributed by atoms with Crippen molar-refractivity contribution in [3.05, 3.63) is 0 Å². The molecule has 0 saturated carbocycles. The Hall–Kier alpha value is -0.230. The van der Waals surface area contributed by atoms with Crippen LogP contribution in [0.2, 0.25) is 0 Å². The summed E-state index contributed by atoms with van der Waals surface area (Å²) < 4.78 is 16.6. The molecule has 60 valence electrons. The highest BCUT2D eigenvalue weighted by molar-refractivity contribution is 4.85. The van der Waals surface area contributed by atoms with E-state index in [9.17, 15) is 4.39 Å². The van der Waals surface area contributed by atoms with E-state index in [2.05, 4.69) is 4.74 Å². The summed E-state index contributed by atoms with van der Waals surface area (Å²) in [6.45, 7) is -0.487. The molecule has 0 amide bonds. The first-order valence-electron chi connectivity index (χ1n) is 2.93. The van der Waals surface area contributed by atoms with Crippen molar-refractivity contribution in [3.63, 3.8) is 0 Å². The Morgan fingerprint density at radius 2 is 1.90 bits per heavy atom. The van der Waals surface area contributed by atoms with Gasteiger partial charge in [0.1, 0.15) is 18.3 Å². The van der Waals surface area contributed by atoms with Crippen LogP contribution in [-0.4, -0.2) is 46.6 Å². The average molecular weight is 152 g/mol. The molecule has 5 heteroatoms. The molecular formula is C5H9FO4. The fraction of sp³-hybridized carbons (Fsp3) is 1.00. The Labute approximate surface area is 56.9 Å². The summed E-state index contributed by atoms with van der Waals surface area (Å²) in [5.74, 6) is 0. The minimum absolute atomic E-state index is 0.487. The lowest BCUT2D eigenvalue weighted by atomic mass is 10.1. The Kier molecular flexibility index (Phi) is 2.20. The summed E-state index contributed by atoms with van der Waals surface area (Å²) in [5.41, 5.74) is 0. The van der Waals surface area contributed by atoms with Crippen LogP contribution < -0.4 is 0 Å². The van der Waals surface area contributed by atoms with Gasteiger partial charge in [-0.3, -0.25) is 0 Å². The van der Waals surface area contributed by atoms with Crippen LogP contribution in [0.1, 0.15) is 0 Å². The molecule has 1 aliphatic rings. The quantitative estimate of drug-likeness (QED) is 0.423. The fourth-order valence-electron chi connectivity index (χ4n) is 0.854. The first-order chi connectivity index (χ1) is 4.66. The predicted molar refractivity (Wildman–Crippen MR) is 28.9 cm³/mol. The standard InChI is InChI=1S/C5H9FO4/c6-5-4(9)3(8)2(1-7)10-5/h2-5,7-9H,1H2/t2-,3?,4?,5-/m1/s1. The molecule has 10 heavy (non-hydrogen) atoms. The van der Waals surface area contributed by atoms with E-state index >= 15 is 0 Å². The normalized spacial score (nSPS) is 48.0. The van der Waals surface area contributed by atoms with E-state index in [1.165, 1.54) is 0 Å². The van der Waals surface area contributed by atoms with Crippen LogP contribution in [0.4, 0.5) is 4.39 Å². The van der Waals surface area contributed by atoms with Crippen LogP contribution >= 0.6 is 0 Å². The molecule has 2 unspecified atom stereocenters. The van der Waals surface area contributed by atoms with Crippen molar-refractivity contribution in [2.24, 2.45) is 0 Å². The first-order valence-corrected chi connectivity index (χ1v) is 2.93. The highest BCUT2D eigenvalue weighted by Gasteiger charge is 2.42. The third-order valence-corrected chi connectivity index (χ3v) is 1.48. The number of hydrogen-bond acceptors (Lipinski definition) is 4. The van der Waals surface area contributed by atoms with Crippen molar-refractivity contribution in [2.45, 2.75) is 24.7 Å². The number of rotatable bonds is 1. The van der Waals surface area contributed by atoms with Crippen molar-refractivity contribution in [2.75, 3.05) is 6.61 Å². The van der Waals surface area contributed by atoms with Gasteiger partial charge < -0.3 is 20.1 Å². The van der Waals surface area contributed by atoms with Crippen LogP contribution in [0.25, 0.3) is 0 Å². The zero-order valence-electron chi connectivity index (χ0n) is 5.14. The van der Waals surface area contributed by atoms with E-state index in [1.54, 1.807) is 0 Å². The van der Waals surface area contributed by atoms with Crippen LogP contribution in [0.15, 0.2) is 0 Å². The highest BCUT2D eigenvalue weighted by atomic mass is 19.1. The van der Waals surface area contributed by atoms with Gasteiger partial charge >= 0.3 is 0 Å². The smallest absolute Gasteiger partial charge is 0.228 e. The second-order valence-electron chi connectivity index (χ2n) is 2.19. The number of halogens is 1. The molecule has 0 radical (unpaired) electrons. The van der Waals surface area contributed by atoms with Crippen LogP contribution in [0, 0.1) is 0 Å². The molecule has 0 spiro atoms. The van der Waals surface area contributed by atoms with Crippen molar-refractivity contribution in [3.8, 4) is 0 Å². The van der Waals surface area contributed by atoms with Gasteiger partial charge in [0.15, 0.2) is 0 Å². The van der Waals surface area contributed by atoms with Crippen LogP contribution in [0.3, 0.4) is 0 Å². The van der Waals surface area contributed by atoms with Gasteiger partial charge in [0, 0.05) is 0 Å². The van der Waals surface area contributed by atoms with Crippen molar-refractivity contribution in [1.29, 1.82) is 0 Å². The van der Waals surface area contributed by atoms with E-state index < -0.39 is 31.3 Å². The maximum absolute atomic E-state index is 12.3. The Morgan fingerprint density at radius 3 is 2.10 bits per heavy atom. The Morgan fingerprint density at radius 1 is 1.30 bits per heavy atom. The Balaban J connectivity index is 2.53. The second kappa shape index (κ2) is 2.79. The minimum atomic E-state index is -1.88. The molecule has 1 rings (SSSR count). The lowest BCUT2D eigenvalue weighted by molar-refractivity contribution is -0.0822. The highest BCUT2D eigenvalue weighted by Crippen LogP contribution is 2.21. The molecule has 0 aromatic heterocycles. The number of aliphatic hydroxyl groups is 3. The van der Waals surface area contributed by atoms with E-state index in [4.69, 9.17) is 15.3 Å². The summed E-state index contributed by atoms with van der Waals surface area (Å²) in [7, 11) is 0. The molecule has 3 N–H and O–H groups in total. The molecule has 0 bridgehead atoms. The van der Waals surface area contributed by atoms with Gasteiger partial charge in [-0.15, -0.1) is 0 Å². The summed E-state index contributed by atoms with van der Waals surface area (Å²) in [6.07, 6.45) is -5.73. The van der Waals surface area contributed by atoms with Crippen LogP contribution in [-0.2, 0) is 4.74 Å². The van der Waals surface area contributed by atoms with Crippen molar-refractivity contribution in [1.82, 2.24) is 0 Å². The molecule has 1 aliphatic heterocycles. The Bertz CT molecular complexity index is 120. The molecule has 4 atom stereocenters. The largest absolute Gasteiger partial charge is 0.394 e. The number of hydrogen-bond donors (Lipinski definition) is 3. The van der Waals surface area contributed by atoms with E-state index in [0.29, 0.717) is 0 Å². The predicted octanol–water partition coefficient (Wildman–Crippen LogP) is -1.61. The molecule has 1 heterocycles.